The average molecular weight is 275 g/mol. The number of nitrogens with one attached hydrogen (secondary N) is 1. The Bertz CT molecular complexity index is 551. The molecule has 0 bridgehead atoms. The highest BCUT2D eigenvalue weighted by atomic mass is 16.5. The Morgan fingerprint density at radius 1 is 1.35 bits per heavy atom. The van der Waals surface area contributed by atoms with Gasteiger partial charge in [0.1, 0.15) is 11.2 Å². The molecule has 1 aliphatic carbocycles. The van der Waals surface area contributed by atoms with Crippen LogP contribution in [0.5, 0.6) is 5.75 Å². The molecule has 0 saturated heterocycles. The number of fused-ring (bicyclic) bond motifs is 1. The Labute approximate surface area is 116 Å². The van der Waals surface area contributed by atoms with Gasteiger partial charge in [-0.05, 0) is 30.9 Å². The number of carbonyl (C=O) groups excluding carboxylic acids is 1. The standard InChI is InChI=1S/C15H17NO4/c17-13(15(6-7-15)14(18)19)16-9-10-5-8-20-12-4-2-1-3-11(10)12/h1-4,10H,5-9H2,(H,16,17)(H,18,19)/t10-/m0/s1. The lowest BCUT2D eigenvalue weighted by atomic mass is 9.93. The molecule has 2 N–H and O–H groups in total. The van der Waals surface area contributed by atoms with Crippen molar-refractivity contribution in [1.82, 2.24) is 5.32 Å². The van der Waals surface area contributed by atoms with Crippen molar-refractivity contribution in [2.45, 2.75) is 25.2 Å². The van der Waals surface area contributed by atoms with Gasteiger partial charge >= 0.3 is 5.97 Å². The topological polar surface area (TPSA) is 75.6 Å². The van der Waals surface area contributed by atoms with E-state index in [4.69, 9.17) is 9.84 Å². The van der Waals surface area contributed by atoms with Crippen LogP contribution in [0.4, 0.5) is 0 Å². The number of ether oxygens (including phenoxy) is 1. The number of benzene rings is 1. The second-order valence-corrected chi connectivity index (χ2v) is 5.47. The van der Waals surface area contributed by atoms with Crippen LogP contribution in [0.1, 0.15) is 30.7 Å². The van der Waals surface area contributed by atoms with Gasteiger partial charge in [-0.3, -0.25) is 9.59 Å². The third kappa shape index (κ3) is 2.13. The highest BCUT2D eigenvalue weighted by Gasteiger charge is 2.57. The van der Waals surface area contributed by atoms with Gasteiger partial charge in [0.05, 0.1) is 6.61 Å². The summed E-state index contributed by atoms with van der Waals surface area (Å²) in [5.41, 5.74) is -0.0794. The van der Waals surface area contributed by atoms with Gasteiger partial charge in [-0.2, -0.15) is 0 Å². The van der Waals surface area contributed by atoms with Crippen molar-refractivity contribution in [1.29, 1.82) is 0 Å². The maximum absolute atomic E-state index is 12.0. The van der Waals surface area contributed by atoms with Crippen molar-refractivity contribution in [2.75, 3.05) is 13.2 Å². The lowest BCUT2D eigenvalue weighted by molar-refractivity contribution is -0.149. The summed E-state index contributed by atoms with van der Waals surface area (Å²) in [6, 6.07) is 7.78. The summed E-state index contributed by atoms with van der Waals surface area (Å²) in [6.07, 6.45) is 1.72. The summed E-state index contributed by atoms with van der Waals surface area (Å²) in [5, 5.41) is 11.9. The molecule has 1 fully saturated rings. The van der Waals surface area contributed by atoms with Crippen LogP contribution >= 0.6 is 0 Å². The van der Waals surface area contributed by atoms with Crippen molar-refractivity contribution < 1.29 is 19.4 Å². The van der Waals surface area contributed by atoms with Gasteiger partial charge in [0.2, 0.25) is 5.91 Å². The molecule has 5 heteroatoms. The van der Waals surface area contributed by atoms with Crippen LogP contribution in [-0.4, -0.2) is 30.1 Å². The third-order valence-corrected chi connectivity index (χ3v) is 4.19. The minimum Gasteiger partial charge on any atom is -0.493 e. The maximum Gasteiger partial charge on any atom is 0.319 e. The number of hydrogen-bond acceptors (Lipinski definition) is 3. The van der Waals surface area contributed by atoms with E-state index < -0.39 is 11.4 Å². The summed E-state index contributed by atoms with van der Waals surface area (Å²) in [6.45, 7) is 1.09. The summed E-state index contributed by atoms with van der Waals surface area (Å²) in [7, 11) is 0. The molecule has 1 saturated carbocycles. The fourth-order valence-corrected chi connectivity index (χ4v) is 2.68. The van der Waals surface area contributed by atoms with Crippen LogP contribution < -0.4 is 10.1 Å². The Morgan fingerprint density at radius 3 is 2.80 bits per heavy atom. The number of rotatable bonds is 4. The second kappa shape index (κ2) is 4.81. The van der Waals surface area contributed by atoms with E-state index in [1.165, 1.54) is 0 Å². The van der Waals surface area contributed by atoms with Crippen molar-refractivity contribution in [3.63, 3.8) is 0 Å². The quantitative estimate of drug-likeness (QED) is 0.817. The molecule has 0 spiro atoms. The summed E-state index contributed by atoms with van der Waals surface area (Å²) < 4.78 is 5.57. The monoisotopic (exact) mass is 275 g/mol. The van der Waals surface area contributed by atoms with Crippen molar-refractivity contribution >= 4 is 11.9 Å². The van der Waals surface area contributed by atoms with Gasteiger partial charge in [0.15, 0.2) is 0 Å². The first-order valence-electron chi connectivity index (χ1n) is 6.87. The zero-order valence-electron chi connectivity index (χ0n) is 11.1. The van der Waals surface area contributed by atoms with Crippen LogP contribution in [0, 0.1) is 5.41 Å². The van der Waals surface area contributed by atoms with Crippen molar-refractivity contribution in [2.24, 2.45) is 5.41 Å². The number of carboxylic acids is 1. The van der Waals surface area contributed by atoms with Gasteiger partial charge in [0, 0.05) is 12.5 Å². The van der Waals surface area contributed by atoms with E-state index in [1.807, 2.05) is 24.3 Å². The van der Waals surface area contributed by atoms with Gasteiger partial charge in [-0.15, -0.1) is 0 Å². The van der Waals surface area contributed by atoms with Crippen molar-refractivity contribution in [3.05, 3.63) is 29.8 Å². The summed E-state index contributed by atoms with van der Waals surface area (Å²) in [4.78, 5) is 23.1. The average Bonchev–Trinajstić information content (AvgIpc) is 3.26. The molecular formula is C15H17NO4. The molecular weight excluding hydrogens is 258 g/mol. The number of carbonyl (C=O) groups is 2. The zero-order valence-corrected chi connectivity index (χ0v) is 11.1. The number of hydrogen-bond donors (Lipinski definition) is 2. The molecule has 3 rings (SSSR count). The van der Waals surface area contributed by atoms with Gasteiger partial charge in [0.25, 0.3) is 0 Å². The maximum atomic E-state index is 12.0. The van der Waals surface area contributed by atoms with E-state index >= 15 is 0 Å². The van der Waals surface area contributed by atoms with Gasteiger partial charge < -0.3 is 15.2 Å². The molecule has 1 aromatic carbocycles. The first kappa shape index (κ1) is 13.0. The normalized spacial score (nSPS) is 22.3. The molecule has 1 aromatic rings. The molecule has 1 aliphatic heterocycles. The second-order valence-electron chi connectivity index (χ2n) is 5.47. The molecule has 1 atom stereocenters. The number of para-hydroxylation sites is 1. The smallest absolute Gasteiger partial charge is 0.319 e. The van der Waals surface area contributed by atoms with Gasteiger partial charge in [-0.25, -0.2) is 0 Å². The molecule has 20 heavy (non-hydrogen) atoms. The summed E-state index contributed by atoms with van der Waals surface area (Å²) >= 11 is 0. The highest BCUT2D eigenvalue weighted by Crippen LogP contribution is 2.46. The first-order valence-corrected chi connectivity index (χ1v) is 6.87. The molecule has 1 amide bonds. The Kier molecular flexibility index (Phi) is 3.12. The van der Waals surface area contributed by atoms with E-state index in [9.17, 15) is 9.59 Å². The van der Waals surface area contributed by atoms with Gasteiger partial charge in [-0.1, -0.05) is 18.2 Å². The van der Waals surface area contributed by atoms with Crippen LogP contribution in [0.25, 0.3) is 0 Å². The highest BCUT2D eigenvalue weighted by molar-refractivity contribution is 6.04. The largest absolute Gasteiger partial charge is 0.493 e. The fraction of sp³-hybridized carbons (Fsp3) is 0.467. The van der Waals surface area contributed by atoms with Crippen LogP contribution in [0.2, 0.25) is 0 Å². The molecule has 5 nitrogen and oxygen atoms in total. The number of carboxylic acid groups (broad SMARTS) is 1. The molecule has 2 aliphatic rings. The minimum absolute atomic E-state index is 0.188. The predicted octanol–water partition coefficient (Wildman–Crippen LogP) is 1.53. The van der Waals surface area contributed by atoms with Crippen LogP contribution in [-0.2, 0) is 9.59 Å². The van der Waals surface area contributed by atoms with Crippen LogP contribution in [0.3, 0.4) is 0 Å². The van der Waals surface area contributed by atoms with E-state index in [0.29, 0.717) is 26.0 Å². The fourth-order valence-electron chi connectivity index (χ4n) is 2.68. The molecule has 1 heterocycles. The van der Waals surface area contributed by atoms with E-state index in [0.717, 1.165) is 17.7 Å². The molecule has 106 valence electrons. The Hall–Kier alpha value is -2.04. The minimum atomic E-state index is -1.16. The van der Waals surface area contributed by atoms with E-state index in [2.05, 4.69) is 5.32 Å². The Balaban J connectivity index is 1.65. The van der Waals surface area contributed by atoms with Crippen molar-refractivity contribution in [3.8, 4) is 5.75 Å². The first-order chi connectivity index (χ1) is 9.63. The lowest BCUT2D eigenvalue weighted by Crippen LogP contribution is -2.39. The molecule has 0 unspecified atom stereocenters. The predicted molar refractivity (Wildman–Crippen MR) is 71.6 cm³/mol. The Morgan fingerprint density at radius 2 is 2.10 bits per heavy atom. The molecule has 0 radical (unpaired) electrons. The number of amides is 1. The number of aliphatic carboxylic acids is 1. The van der Waals surface area contributed by atoms with Crippen LogP contribution in [0.15, 0.2) is 24.3 Å². The zero-order chi connectivity index (χ0) is 14.2. The van der Waals surface area contributed by atoms with E-state index in [-0.39, 0.29) is 11.8 Å². The van der Waals surface area contributed by atoms with E-state index in [1.54, 1.807) is 0 Å². The lowest BCUT2D eigenvalue weighted by Gasteiger charge is -2.26. The molecule has 0 aromatic heterocycles. The summed E-state index contributed by atoms with van der Waals surface area (Å²) in [5.74, 6) is -0.317. The third-order valence-electron chi connectivity index (χ3n) is 4.19. The SMILES string of the molecule is O=C(O)C1(C(=O)NC[C@@H]2CCOc3ccccc32)CC1.